The van der Waals surface area contributed by atoms with E-state index in [0.717, 1.165) is 18.5 Å². The fourth-order valence-electron chi connectivity index (χ4n) is 1.27. The van der Waals surface area contributed by atoms with Gasteiger partial charge in [0, 0.05) is 25.4 Å². The number of carbonyl (C=O) groups is 1. The molecule has 1 heterocycles. The van der Waals surface area contributed by atoms with Crippen molar-refractivity contribution < 1.29 is 6.22 Å². The molecule has 0 aliphatic heterocycles. The first-order valence-electron chi connectivity index (χ1n) is 5.01. The van der Waals surface area contributed by atoms with Gasteiger partial charge in [-0.3, -0.25) is 9.78 Å². The lowest BCUT2D eigenvalue weighted by Gasteiger charge is -2.03. The van der Waals surface area contributed by atoms with E-state index in [1.165, 1.54) is 0 Å². The van der Waals surface area contributed by atoms with Gasteiger partial charge in [-0.2, -0.15) is 0 Å². The molecule has 1 rings (SSSR count). The van der Waals surface area contributed by atoms with Crippen molar-refractivity contribution in [1.82, 2.24) is 10.3 Å². The second-order valence-corrected chi connectivity index (χ2v) is 3.15. The lowest BCUT2D eigenvalue weighted by molar-refractivity contribution is 0.0955. The van der Waals surface area contributed by atoms with Crippen LogP contribution < -0.4 is 5.32 Å². The summed E-state index contributed by atoms with van der Waals surface area (Å²) in [5.41, 5.74) is 1.68. The molecule has 0 aromatic carbocycles. The van der Waals surface area contributed by atoms with E-state index in [1.807, 2.05) is 13.0 Å². The van der Waals surface area contributed by atoms with E-state index in [2.05, 4.69) is 17.2 Å². The molecule has 0 aliphatic carbocycles. The Morgan fingerprint density at radius 1 is 1.57 bits per heavy atom. The first kappa shape index (κ1) is 10.7. The molecule has 0 bridgehead atoms. The van der Waals surface area contributed by atoms with Crippen molar-refractivity contribution in [3.05, 3.63) is 29.6 Å². The molecule has 0 unspecified atom stereocenters. The van der Waals surface area contributed by atoms with Crippen LogP contribution in [0.3, 0.4) is 0 Å². The summed E-state index contributed by atoms with van der Waals surface area (Å²) in [7, 11) is 0. The number of aromatic nitrogens is 1. The lowest BCUT2D eigenvalue weighted by Crippen LogP contribution is -2.22. The van der Waals surface area contributed by atoms with Crippen molar-refractivity contribution in [1.29, 1.82) is 0 Å². The van der Waals surface area contributed by atoms with Crippen LogP contribution in [-0.4, -0.2) is 17.4 Å². The van der Waals surface area contributed by atoms with Crippen LogP contribution in [0.2, 0.25) is 0 Å². The SMILES string of the molecule is CCCc1cc(C(=O)NCC)ccn1.[HH]. The van der Waals surface area contributed by atoms with Crippen LogP contribution in [0.15, 0.2) is 18.3 Å². The van der Waals surface area contributed by atoms with Gasteiger partial charge >= 0.3 is 0 Å². The first-order valence-corrected chi connectivity index (χ1v) is 5.01. The van der Waals surface area contributed by atoms with Gasteiger partial charge < -0.3 is 5.32 Å². The minimum atomic E-state index is -0.0211. The predicted molar refractivity (Wildman–Crippen MR) is 58.4 cm³/mol. The number of aryl methyl sites for hydroxylation is 1. The van der Waals surface area contributed by atoms with Crippen molar-refractivity contribution >= 4 is 5.91 Å². The summed E-state index contributed by atoms with van der Waals surface area (Å²) >= 11 is 0. The molecule has 14 heavy (non-hydrogen) atoms. The zero-order valence-corrected chi connectivity index (χ0v) is 8.71. The van der Waals surface area contributed by atoms with Gasteiger partial charge in [0.15, 0.2) is 0 Å². The quantitative estimate of drug-likeness (QED) is 0.796. The molecule has 0 saturated heterocycles. The molecule has 0 fully saturated rings. The zero-order chi connectivity index (χ0) is 10.4. The van der Waals surface area contributed by atoms with Gasteiger partial charge in [-0.05, 0) is 25.5 Å². The van der Waals surface area contributed by atoms with Crippen molar-refractivity contribution in [2.75, 3.05) is 6.54 Å². The molecule has 1 N–H and O–H groups in total. The van der Waals surface area contributed by atoms with E-state index in [0.29, 0.717) is 12.1 Å². The molecular formula is C11H18N2O. The third-order valence-electron chi connectivity index (χ3n) is 1.92. The number of carbonyl (C=O) groups excluding carboxylic acids is 1. The predicted octanol–water partition coefficient (Wildman–Crippen LogP) is 2.03. The van der Waals surface area contributed by atoms with Crippen molar-refractivity contribution in [2.45, 2.75) is 26.7 Å². The van der Waals surface area contributed by atoms with E-state index in [1.54, 1.807) is 12.3 Å². The highest BCUT2D eigenvalue weighted by Crippen LogP contribution is 2.03. The third-order valence-corrected chi connectivity index (χ3v) is 1.92. The maximum atomic E-state index is 11.5. The number of hydrogen-bond acceptors (Lipinski definition) is 2. The second kappa shape index (κ2) is 5.37. The molecule has 78 valence electrons. The van der Waals surface area contributed by atoms with E-state index in [4.69, 9.17) is 0 Å². The van der Waals surface area contributed by atoms with Gasteiger partial charge in [0.2, 0.25) is 0 Å². The molecule has 0 radical (unpaired) electrons. The summed E-state index contributed by atoms with van der Waals surface area (Å²) in [5, 5.41) is 2.76. The second-order valence-electron chi connectivity index (χ2n) is 3.15. The summed E-state index contributed by atoms with van der Waals surface area (Å²) in [5.74, 6) is -0.0211. The summed E-state index contributed by atoms with van der Waals surface area (Å²) in [6.07, 6.45) is 3.66. The molecular weight excluding hydrogens is 176 g/mol. The van der Waals surface area contributed by atoms with E-state index < -0.39 is 0 Å². The van der Waals surface area contributed by atoms with Crippen LogP contribution in [0.1, 0.15) is 37.7 Å². The number of rotatable bonds is 4. The molecule has 0 aliphatic rings. The minimum absolute atomic E-state index is 0. The highest BCUT2D eigenvalue weighted by atomic mass is 16.1. The van der Waals surface area contributed by atoms with Crippen LogP contribution in [0.4, 0.5) is 0 Å². The zero-order valence-electron chi connectivity index (χ0n) is 8.71. The van der Waals surface area contributed by atoms with Gasteiger partial charge in [-0.15, -0.1) is 0 Å². The Morgan fingerprint density at radius 2 is 2.36 bits per heavy atom. The van der Waals surface area contributed by atoms with Crippen LogP contribution in [0, 0.1) is 0 Å². The van der Waals surface area contributed by atoms with Gasteiger partial charge in [0.25, 0.3) is 5.91 Å². The minimum Gasteiger partial charge on any atom is -0.352 e. The highest BCUT2D eigenvalue weighted by molar-refractivity contribution is 5.94. The number of nitrogens with one attached hydrogen (secondary N) is 1. The normalized spacial score (nSPS) is 9.86. The number of amides is 1. The van der Waals surface area contributed by atoms with Gasteiger partial charge in [0.1, 0.15) is 0 Å². The maximum Gasteiger partial charge on any atom is 0.251 e. The van der Waals surface area contributed by atoms with E-state index in [-0.39, 0.29) is 7.33 Å². The van der Waals surface area contributed by atoms with Crippen LogP contribution >= 0.6 is 0 Å². The standard InChI is InChI=1S/C11H16N2O.H2/c1-3-5-10-8-9(6-7-13-10)11(14)12-4-2;/h6-8H,3-5H2,1-2H3,(H,12,14);1H. The fraction of sp³-hybridized carbons (Fsp3) is 0.455. The molecule has 1 amide bonds. The number of hydrogen-bond donors (Lipinski definition) is 1. The van der Waals surface area contributed by atoms with Crippen molar-refractivity contribution in [2.24, 2.45) is 0 Å². The summed E-state index contributed by atoms with van der Waals surface area (Å²) in [6, 6.07) is 3.60. The maximum absolute atomic E-state index is 11.5. The Morgan fingerprint density at radius 3 is 3.00 bits per heavy atom. The van der Waals surface area contributed by atoms with Crippen molar-refractivity contribution in [3.63, 3.8) is 0 Å². The monoisotopic (exact) mass is 194 g/mol. The average molecular weight is 194 g/mol. The van der Waals surface area contributed by atoms with Crippen molar-refractivity contribution in [3.8, 4) is 0 Å². The molecule has 1 aromatic heterocycles. The third kappa shape index (κ3) is 2.83. The fourth-order valence-corrected chi connectivity index (χ4v) is 1.27. The van der Waals surface area contributed by atoms with Gasteiger partial charge in [0.05, 0.1) is 0 Å². The summed E-state index contributed by atoms with van der Waals surface area (Å²) < 4.78 is 0. The van der Waals surface area contributed by atoms with Crippen LogP contribution in [0.5, 0.6) is 0 Å². The first-order chi connectivity index (χ1) is 6.77. The van der Waals surface area contributed by atoms with E-state index in [9.17, 15) is 4.79 Å². The molecule has 0 atom stereocenters. The van der Waals surface area contributed by atoms with Gasteiger partial charge in [-0.25, -0.2) is 0 Å². The Labute approximate surface area is 86.0 Å². The Bertz CT molecular complexity index is 315. The molecule has 0 saturated carbocycles. The average Bonchev–Trinajstić information content (AvgIpc) is 2.19. The van der Waals surface area contributed by atoms with Gasteiger partial charge in [-0.1, -0.05) is 13.3 Å². The van der Waals surface area contributed by atoms with Crippen LogP contribution in [-0.2, 0) is 6.42 Å². The summed E-state index contributed by atoms with van der Waals surface area (Å²) in [4.78, 5) is 15.7. The molecule has 0 spiro atoms. The number of pyridine rings is 1. The molecule has 1 aromatic rings. The summed E-state index contributed by atoms with van der Waals surface area (Å²) in [6.45, 7) is 4.66. The highest BCUT2D eigenvalue weighted by Gasteiger charge is 2.04. The Balaban J connectivity index is 0.00000196. The largest absolute Gasteiger partial charge is 0.352 e. The van der Waals surface area contributed by atoms with Crippen LogP contribution in [0.25, 0.3) is 0 Å². The topological polar surface area (TPSA) is 42.0 Å². The molecule has 3 heteroatoms. The lowest BCUT2D eigenvalue weighted by atomic mass is 10.1. The Hall–Kier alpha value is -1.38. The Kier molecular flexibility index (Phi) is 4.11. The molecule has 3 nitrogen and oxygen atoms in total. The number of nitrogens with zero attached hydrogens (tertiary/aromatic N) is 1. The smallest absolute Gasteiger partial charge is 0.251 e. The van der Waals surface area contributed by atoms with E-state index >= 15 is 0 Å².